The number of methoxy groups -OCH3 is 1. The van der Waals surface area contributed by atoms with Crippen molar-refractivity contribution in [1.82, 2.24) is 4.90 Å². The summed E-state index contributed by atoms with van der Waals surface area (Å²) in [7, 11) is 1.47. The maximum absolute atomic E-state index is 13.5. The molecule has 1 aliphatic rings. The van der Waals surface area contributed by atoms with E-state index in [9.17, 15) is 19.1 Å². The van der Waals surface area contributed by atoms with Gasteiger partial charge in [-0.1, -0.05) is 66.7 Å². The molecule has 1 amide bonds. The summed E-state index contributed by atoms with van der Waals surface area (Å²) in [6.07, 6.45) is 0. The number of carbonyl (C=O) groups excluding carboxylic acids is 2. The molecular formula is C29H22FNO4. The summed E-state index contributed by atoms with van der Waals surface area (Å²) < 4.78 is 18.9. The Balaban J connectivity index is 1.74. The van der Waals surface area contributed by atoms with Crippen LogP contribution in [0.15, 0.2) is 96.6 Å². The Morgan fingerprint density at radius 3 is 2.37 bits per heavy atom. The summed E-state index contributed by atoms with van der Waals surface area (Å²) in [4.78, 5) is 28.1. The van der Waals surface area contributed by atoms with E-state index in [1.54, 1.807) is 36.4 Å². The quantitative estimate of drug-likeness (QED) is 0.235. The van der Waals surface area contributed by atoms with Crippen LogP contribution < -0.4 is 4.74 Å². The van der Waals surface area contributed by atoms with Crippen LogP contribution in [-0.4, -0.2) is 28.8 Å². The van der Waals surface area contributed by atoms with Crippen LogP contribution in [0.4, 0.5) is 4.39 Å². The second-order valence-electron chi connectivity index (χ2n) is 8.32. The van der Waals surface area contributed by atoms with Gasteiger partial charge in [0.15, 0.2) is 0 Å². The number of nitrogens with zero attached hydrogens (tertiary/aromatic N) is 1. The SMILES string of the molecule is COc1ccccc1/C(O)=C1\C(=O)C(=O)N(Cc2ccc(F)cc2)C1c1cccc2ccccc12. The zero-order valence-corrected chi connectivity index (χ0v) is 18.9. The topological polar surface area (TPSA) is 66.8 Å². The van der Waals surface area contributed by atoms with E-state index in [0.717, 1.165) is 10.8 Å². The summed E-state index contributed by atoms with van der Waals surface area (Å²) in [6.45, 7) is 0.0709. The number of carbonyl (C=O) groups is 2. The molecule has 1 fully saturated rings. The number of fused-ring (bicyclic) bond motifs is 1. The molecule has 5 nitrogen and oxygen atoms in total. The maximum atomic E-state index is 13.5. The van der Waals surface area contributed by atoms with E-state index in [2.05, 4.69) is 0 Å². The number of Topliss-reactive ketones (excluding diaryl/α,β-unsaturated/α-hetero) is 1. The molecule has 35 heavy (non-hydrogen) atoms. The Labute approximate surface area is 201 Å². The molecule has 5 rings (SSSR count). The van der Waals surface area contributed by atoms with Gasteiger partial charge in [0.05, 0.1) is 24.3 Å². The third-order valence-electron chi connectivity index (χ3n) is 6.29. The number of amides is 1. The summed E-state index contributed by atoms with van der Waals surface area (Å²) in [5, 5.41) is 13.2. The minimum Gasteiger partial charge on any atom is -0.507 e. The molecule has 174 valence electrons. The van der Waals surface area contributed by atoms with Crippen molar-refractivity contribution in [1.29, 1.82) is 0 Å². The molecule has 0 aliphatic carbocycles. The molecule has 0 saturated carbocycles. The fourth-order valence-electron chi connectivity index (χ4n) is 4.63. The molecule has 4 aromatic rings. The lowest BCUT2D eigenvalue weighted by atomic mass is 9.91. The molecule has 0 aromatic heterocycles. The van der Waals surface area contributed by atoms with Gasteiger partial charge in [0.1, 0.15) is 17.3 Å². The van der Waals surface area contributed by atoms with Crippen LogP contribution in [0.3, 0.4) is 0 Å². The minimum atomic E-state index is -0.851. The number of hydrogen-bond acceptors (Lipinski definition) is 4. The number of aliphatic hydroxyl groups is 1. The second-order valence-corrected chi connectivity index (χ2v) is 8.32. The number of ether oxygens (including phenoxy) is 1. The van der Waals surface area contributed by atoms with Gasteiger partial charge >= 0.3 is 0 Å². The number of ketones is 1. The highest BCUT2D eigenvalue weighted by Crippen LogP contribution is 2.43. The lowest BCUT2D eigenvalue weighted by Gasteiger charge is -2.26. The first-order valence-corrected chi connectivity index (χ1v) is 11.1. The van der Waals surface area contributed by atoms with E-state index >= 15 is 0 Å². The number of aliphatic hydroxyl groups excluding tert-OH is 1. The standard InChI is InChI=1S/C29H22FNO4/c1-35-24-12-5-4-10-23(24)27(32)25-26(22-11-6-8-19-7-2-3-9-21(19)22)31(29(34)28(25)33)17-18-13-15-20(30)16-14-18/h2-16,26,32H,17H2,1H3/b27-25+. The summed E-state index contributed by atoms with van der Waals surface area (Å²) in [6, 6.07) is 25.1. The van der Waals surface area contributed by atoms with Gasteiger partial charge in [0, 0.05) is 6.54 Å². The number of rotatable bonds is 5. The van der Waals surface area contributed by atoms with Crippen molar-refractivity contribution in [2.24, 2.45) is 0 Å². The predicted molar refractivity (Wildman–Crippen MR) is 131 cm³/mol. The van der Waals surface area contributed by atoms with Crippen LogP contribution in [0.2, 0.25) is 0 Å². The van der Waals surface area contributed by atoms with Crippen LogP contribution in [0.5, 0.6) is 5.75 Å². The first-order valence-electron chi connectivity index (χ1n) is 11.1. The predicted octanol–water partition coefficient (Wildman–Crippen LogP) is 5.61. The molecule has 4 aromatic carbocycles. The highest BCUT2D eigenvalue weighted by atomic mass is 19.1. The Hall–Kier alpha value is -4.45. The zero-order valence-electron chi connectivity index (χ0n) is 18.9. The van der Waals surface area contributed by atoms with Gasteiger partial charge in [-0.2, -0.15) is 0 Å². The summed E-state index contributed by atoms with van der Waals surface area (Å²) in [5.41, 5.74) is 1.68. The average molecular weight is 467 g/mol. The fourth-order valence-corrected chi connectivity index (χ4v) is 4.63. The van der Waals surface area contributed by atoms with Crippen LogP contribution in [0.25, 0.3) is 16.5 Å². The molecule has 1 saturated heterocycles. The Kier molecular flexibility index (Phi) is 5.79. The van der Waals surface area contributed by atoms with Crippen molar-refractivity contribution < 1.29 is 23.8 Å². The van der Waals surface area contributed by atoms with Gasteiger partial charge in [-0.3, -0.25) is 9.59 Å². The second kappa shape index (κ2) is 9.06. The Morgan fingerprint density at radius 2 is 1.60 bits per heavy atom. The minimum absolute atomic E-state index is 0.0158. The van der Waals surface area contributed by atoms with E-state index in [1.807, 2.05) is 42.5 Å². The normalized spacial score (nSPS) is 17.2. The average Bonchev–Trinajstić information content (AvgIpc) is 3.14. The van der Waals surface area contributed by atoms with Crippen molar-refractivity contribution in [3.63, 3.8) is 0 Å². The van der Waals surface area contributed by atoms with Gasteiger partial charge in [0.25, 0.3) is 11.7 Å². The summed E-state index contributed by atoms with van der Waals surface area (Å²) in [5.74, 6) is -1.83. The number of hydrogen-bond donors (Lipinski definition) is 1. The van der Waals surface area contributed by atoms with Crippen molar-refractivity contribution >= 4 is 28.2 Å². The first kappa shape index (κ1) is 22.3. The molecule has 1 aliphatic heterocycles. The smallest absolute Gasteiger partial charge is 0.295 e. The highest BCUT2D eigenvalue weighted by molar-refractivity contribution is 6.46. The first-order chi connectivity index (χ1) is 17.0. The molecule has 0 radical (unpaired) electrons. The Morgan fingerprint density at radius 1 is 0.914 bits per heavy atom. The van der Waals surface area contributed by atoms with Crippen molar-refractivity contribution in [2.45, 2.75) is 12.6 Å². The third-order valence-corrected chi connectivity index (χ3v) is 6.29. The van der Waals surface area contributed by atoms with Gasteiger partial charge in [-0.05, 0) is 46.2 Å². The molecule has 1 atom stereocenters. The lowest BCUT2D eigenvalue weighted by molar-refractivity contribution is -0.140. The van der Waals surface area contributed by atoms with Gasteiger partial charge in [-0.15, -0.1) is 0 Å². The monoisotopic (exact) mass is 467 g/mol. The Bertz CT molecular complexity index is 1470. The van der Waals surface area contributed by atoms with Gasteiger partial charge in [0.2, 0.25) is 0 Å². The highest BCUT2D eigenvalue weighted by Gasteiger charge is 2.46. The van der Waals surface area contributed by atoms with Crippen molar-refractivity contribution in [2.75, 3.05) is 7.11 Å². The molecular weight excluding hydrogens is 445 g/mol. The lowest BCUT2D eigenvalue weighted by Crippen LogP contribution is -2.29. The van der Waals surface area contributed by atoms with E-state index in [-0.39, 0.29) is 17.9 Å². The number of likely N-dealkylation sites (tertiary alicyclic amines) is 1. The number of benzene rings is 4. The molecule has 6 heteroatoms. The van der Waals surface area contributed by atoms with Crippen molar-refractivity contribution in [3.8, 4) is 5.75 Å². The van der Waals surface area contributed by atoms with Crippen LogP contribution in [-0.2, 0) is 16.1 Å². The van der Waals surface area contributed by atoms with Gasteiger partial charge in [-0.25, -0.2) is 4.39 Å². The zero-order chi connectivity index (χ0) is 24.5. The van der Waals surface area contributed by atoms with Crippen LogP contribution in [0, 0.1) is 5.82 Å². The van der Waals surface area contributed by atoms with E-state index in [4.69, 9.17) is 4.74 Å². The van der Waals surface area contributed by atoms with Gasteiger partial charge < -0.3 is 14.7 Å². The summed E-state index contributed by atoms with van der Waals surface area (Å²) >= 11 is 0. The molecule has 0 bridgehead atoms. The van der Waals surface area contributed by atoms with E-state index in [1.165, 1.54) is 24.1 Å². The largest absolute Gasteiger partial charge is 0.507 e. The van der Waals surface area contributed by atoms with Crippen LogP contribution in [0.1, 0.15) is 22.7 Å². The van der Waals surface area contributed by atoms with E-state index in [0.29, 0.717) is 22.4 Å². The number of halogens is 1. The third kappa shape index (κ3) is 3.93. The van der Waals surface area contributed by atoms with E-state index < -0.39 is 23.5 Å². The molecule has 0 spiro atoms. The fraction of sp³-hybridized carbons (Fsp3) is 0.103. The molecule has 1 N–H and O–H groups in total. The van der Waals surface area contributed by atoms with Crippen LogP contribution >= 0.6 is 0 Å². The number of para-hydroxylation sites is 1. The van der Waals surface area contributed by atoms with Crippen molar-refractivity contribution in [3.05, 3.63) is 119 Å². The maximum Gasteiger partial charge on any atom is 0.295 e. The molecule has 1 heterocycles. The molecule has 1 unspecified atom stereocenters.